The van der Waals surface area contributed by atoms with Crippen LogP contribution in [0.15, 0.2) is 183 Å². The van der Waals surface area contributed by atoms with Gasteiger partial charge in [0, 0.05) is 79.4 Å². The maximum absolute atomic E-state index is 5.54. The van der Waals surface area contributed by atoms with E-state index in [-0.39, 0.29) is 0 Å². The van der Waals surface area contributed by atoms with Gasteiger partial charge in [0.2, 0.25) is 0 Å². The molecular formula is C58H30N12. The molecule has 0 N–H and O–H groups in total. The summed E-state index contributed by atoms with van der Waals surface area (Å²) >= 11 is 0. The fraction of sp³-hybridized carbons (Fsp3) is 0. The van der Waals surface area contributed by atoms with E-state index in [1.807, 2.05) is 109 Å². The van der Waals surface area contributed by atoms with Crippen molar-refractivity contribution >= 4 is 110 Å². The Morgan fingerprint density at radius 1 is 0.200 bits per heavy atom. The van der Waals surface area contributed by atoms with Crippen molar-refractivity contribution in [1.29, 1.82) is 0 Å². The lowest BCUT2D eigenvalue weighted by Crippen LogP contribution is -2.01. The molecule has 0 radical (unpaired) electrons. The number of nitrogens with zero attached hydrogens (tertiary/aromatic N) is 12. The Balaban J connectivity index is 1.06. The van der Waals surface area contributed by atoms with Crippen molar-refractivity contribution in [3.8, 4) is 45.0 Å². The van der Waals surface area contributed by atoms with E-state index in [4.69, 9.17) is 59.8 Å². The zero-order valence-corrected chi connectivity index (χ0v) is 36.7. The molecule has 15 aromatic rings. The van der Waals surface area contributed by atoms with Gasteiger partial charge >= 0.3 is 0 Å². The molecule has 12 heteroatoms. The molecule has 9 aromatic heterocycles. The molecule has 6 aromatic carbocycles. The smallest absolute Gasteiger partial charge is 0.120 e. The fourth-order valence-corrected chi connectivity index (χ4v) is 10.1. The second kappa shape index (κ2) is 14.8. The van der Waals surface area contributed by atoms with Crippen LogP contribution in [0.3, 0.4) is 0 Å². The van der Waals surface area contributed by atoms with Crippen molar-refractivity contribution in [3.63, 3.8) is 0 Å². The predicted octanol–water partition coefficient (Wildman–Crippen LogP) is 12.6. The Kier molecular flexibility index (Phi) is 8.06. The third-order valence-corrected chi connectivity index (χ3v) is 13.3. The van der Waals surface area contributed by atoms with E-state index in [0.29, 0.717) is 66.6 Å². The molecule has 12 nitrogen and oxygen atoms in total. The molecule has 0 unspecified atom stereocenters. The molecule has 0 aliphatic carbocycles. The van der Waals surface area contributed by atoms with E-state index < -0.39 is 0 Å². The van der Waals surface area contributed by atoms with Crippen LogP contribution < -0.4 is 0 Å². The number of rotatable bonds is 4. The molecule has 70 heavy (non-hydrogen) atoms. The predicted molar refractivity (Wildman–Crippen MR) is 277 cm³/mol. The van der Waals surface area contributed by atoms with Crippen molar-refractivity contribution in [1.82, 2.24) is 59.8 Å². The normalized spacial score (nSPS) is 12.0. The molecule has 322 valence electrons. The van der Waals surface area contributed by atoms with Gasteiger partial charge in [0.1, 0.15) is 33.1 Å². The summed E-state index contributed by atoms with van der Waals surface area (Å²) in [6.45, 7) is 0. The van der Waals surface area contributed by atoms with Gasteiger partial charge in [-0.1, -0.05) is 97.1 Å². The van der Waals surface area contributed by atoms with Crippen LogP contribution in [0.4, 0.5) is 0 Å². The average molecular weight is 895 g/mol. The molecule has 0 fully saturated rings. The highest BCUT2D eigenvalue weighted by Crippen LogP contribution is 2.40. The first-order valence-corrected chi connectivity index (χ1v) is 22.8. The second-order valence-electron chi connectivity index (χ2n) is 17.2. The maximum Gasteiger partial charge on any atom is 0.120 e. The van der Waals surface area contributed by atoms with Gasteiger partial charge in [-0.15, -0.1) is 0 Å². The lowest BCUT2D eigenvalue weighted by atomic mass is 10.0. The summed E-state index contributed by atoms with van der Waals surface area (Å²) in [5.74, 6) is 0. The first-order valence-electron chi connectivity index (χ1n) is 22.8. The average Bonchev–Trinajstić information content (AvgIpc) is 3.43. The largest absolute Gasteiger partial charge is 0.256 e. The Morgan fingerprint density at radius 2 is 0.500 bits per heavy atom. The van der Waals surface area contributed by atoms with Crippen LogP contribution in [0.5, 0.6) is 0 Å². The molecule has 0 saturated heterocycles. The zero-order valence-electron chi connectivity index (χ0n) is 36.7. The lowest BCUT2D eigenvalue weighted by molar-refractivity contribution is 1.26. The number of benzene rings is 6. The molecule has 0 amide bonds. The molecule has 0 aliphatic heterocycles. The van der Waals surface area contributed by atoms with Crippen molar-refractivity contribution in [2.45, 2.75) is 0 Å². The number of para-hydroxylation sites is 4. The molecule has 0 atom stereocenters. The van der Waals surface area contributed by atoms with E-state index in [1.54, 1.807) is 24.8 Å². The van der Waals surface area contributed by atoms with E-state index >= 15 is 0 Å². The zero-order chi connectivity index (χ0) is 45.9. The first kappa shape index (κ1) is 38.2. The van der Waals surface area contributed by atoms with Gasteiger partial charge in [0.05, 0.1) is 79.3 Å². The summed E-state index contributed by atoms with van der Waals surface area (Å²) in [5, 5.41) is 5.59. The van der Waals surface area contributed by atoms with Gasteiger partial charge in [-0.05, 0) is 48.5 Å². The van der Waals surface area contributed by atoms with E-state index in [0.717, 1.165) is 88.0 Å². The minimum absolute atomic E-state index is 0.535. The van der Waals surface area contributed by atoms with Crippen LogP contribution in [0.2, 0.25) is 0 Å². The molecule has 15 rings (SSSR count). The van der Waals surface area contributed by atoms with Crippen molar-refractivity contribution in [3.05, 3.63) is 183 Å². The van der Waals surface area contributed by atoms with Crippen molar-refractivity contribution < 1.29 is 0 Å². The molecular weight excluding hydrogens is 865 g/mol. The first-order chi connectivity index (χ1) is 34.7. The van der Waals surface area contributed by atoms with Gasteiger partial charge in [0.25, 0.3) is 0 Å². The quantitative estimate of drug-likeness (QED) is 0.122. The van der Waals surface area contributed by atoms with Gasteiger partial charge < -0.3 is 0 Å². The van der Waals surface area contributed by atoms with E-state index in [9.17, 15) is 0 Å². The molecule has 0 saturated carbocycles. The Labute approximate surface area is 395 Å². The summed E-state index contributed by atoms with van der Waals surface area (Å²) < 4.78 is 0. The van der Waals surface area contributed by atoms with Gasteiger partial charge in [-0.3, -0.25) is 19.9 Å². The minimum Gasteiger partial charge on any atom is -0.256 e. The Morgan fingerprint density at radius 3 is 0.871 bits per heavy atom. The SMILES string of the molecule is c1cnc2c(-c3ccc4c(n3)c3nc(-c5cccc6cccnc56)ccc3c3nc5c6ncc(-c7cccc8cccnc78)nc6c6nc(-c7cccc8cccnc78)cnc6c5nc43)cccc2c1. The highest BCUT2D eigenvalue weighted by atomic mass is 14.9. The summed E-state index contributed by atoms with van der Waals surface area (Å²) in [7, 11) is 0. The highest BCUT2D eigenvalue weighted by molar-refractivity contribution is 6.26. The fourth-order valence-electron chi connectivity index (χ4n) is 10.1. The van der Waals surface area contributed by atoms with Crippen LogP contribution in [-0.4, -0.2) is 59.8 Å². The third kappa shape index (κ3) is 5.70. The summed E-state index contributed by atoms with van der Waals surface area (Å²) in [6.07, 6.45) is 10.8. The highest BCUT2D eigenvalue weighted by Gasteiger charge is 2.24. The van der Waals surface area contributed by atoms with Gasteiger partial charge in [0.15, 0.2) is 0 Å². The van der Waals surface area contributed by atoms with Crippen LogP contribution in [-0.2, 0) is 0 Å². The van der Waals surface area contributed by atoms with Crippen LogP contribution in [0.25, 0.3) is 155 Å². The Bertz CT molecular complexity index is 4130. The number of hydrogen-bond donors (Lipinski definition) is 0. The maximum atomic E-state index is 5.54. The third-order valence-electron chi connectivity index (χ3n) is 13.3. The number of aromatic nitrogens is 12. The van der Waals surface area contributed by atoms with E-state index in [2.05, 4.69) is 48.5 Å². The molecule has 0 bridgehead atoms. The second-order valence-corrected chi connectivity index (χ2v) is 17.2. The van der Waals surface area contributed by atoms with Crippen molar-refractivity contribution in [2.75, 3.05) is 0 Å². The summed E-state index contributed by atoms with van der Waals surface area (Å²) in [4.78, 5) is 62.1. The molecule has 0 aliphatic rings. The van der Waals surface area contributed by atoms with Crippen LogP contribution in [0, 0.1) is 0 Å². The topological polar surface area (TPSA) is 155 Å². The monoisotopic (exact) mass is 894 g/mol. The summed E-state index contributed by atoms with van der Waals surface area (Å²) in [5.41, 5.74) is 15.5. The Hall–Kier alpha value is -9.94. The van der Waals surface area contributed by atoms with Gasteiger partial charge in [-0.2, -0.15) is 0 Å². The van der Waals surface area contributed by atoms with Crippen LogP contribution in [0.1, 0.15) is 0 Å². The lowest BCUT2D eigenvalue weighted by Gasteiger charge is -2.14. The number of pyridine rings is 6. The standard InChI is InChI=1S/C58H30N12/c1-9-31-13-5-25-59-45(31)35(17-1)41-23-21-39-49(65-41)50-40(22-24-42(66-50)36-18-2-10-32-14-6-26-60-46(32)36)52-51(39)69-57-53-55(67-43(29-63-53)37-19-3-11-33-15-7-27-61-47(33)37)56-54(58(57)70-52)64-30-44(68-56)38-20-4-12-34-16-8-28-62-48(34)38/h1-30H. The molecule has 0 spiro atoms. The van der Waals surface area contributed by atoms with Gasteiger partial charge in [-0.25, -0.2) is 39.9 Å². The van der Waals surface area contributed by atoms with Crippen molar-refractivity contribution in [2.24, 2.45) is 0 Å². The number of fused-ring (bicyclic) bond motifs is 16. The van der Waals surface area contributed by atoms with E-state index in [1.165, 1.54) is 0 Å². The molecule has 9 heterocycles. The van der Waals surface area contributed by atoms with Crippen LogP contribution >= 0.6 is 0 Å². The number of hydrogen-bond acceptors (Lipinski definition) is 12. The summed E-state index contributed by atoms with van der Waals surface area (Å²) in [6, 6.07) is 48.6. The minimum atomic E-state index is 0.535.